The minimum atomic E-state index is -3.75. The van der Waals surface area contributed by atoms with Crippen LogP contribution in [0.5, 0.6) is 0 Å². The van der Waals surface area contributed by atoms with E-state index >= 15 is 0 Å². The lowest BCUT2D eigenvalue weighted by molar-refractivity contribution is 0.477. The summed E-state index contributed by atoms with van der Waals surface area (Å²) in [5.41, 5.74) is 0.964. The second kappa shape index (κ2) is 7.61. The highest BCUT2D eigenvalue weighted by molar-refractivity contribution is 7.95. The second-order valence-corrected chi connectivity index (χ2v) is 9.50. The summed E-state index contributed by atoms with van der Waals surface area (Å²) < 4.78 is 53.5. The van der Waals surface area contributed by atoms with Gasteiger partial charge in [-0.1, -0.05) is 36.4 Å². The molecule has 0 unspecified atom stereocenters. The van der Waals surface area contributed by atoms with E-state index < -0.39 is 20.0 Å². The van der Waals surface area contributed by atoms with Gasteiger partial charge in [0.1, 0.15) is 0 Å². The molecule has 1 aliphatic rings. The Morgan fingerprint density at radius 1 is 0.885 bits per heavy atom. The molecule has 138 valence electrons. The predicted molar refractivity (Wildman–Crippen MR) is 102 cm³/mol. The van der Waals surface area contributed by atoms with Gasteiger partial charge < -0.3 is 0 Å². The average Bonchev–Trinajstić information content (AvgIpc) is 3.16. The smallest absolute Gasteiger partial charge is 0.255 e. The van der Waals surface area contributed by atoms with Crippen LogP contribution in [0.3, 0.4) is 0 Å². The molecule has 0 radical (unpaired) electrons. The molecule has 2 aromatic rings. The molecule has 0 spiro atoms. The average molecular weight is 393 g/mol. The lowest BCUT2D eigenvalue weighted by Crippen LogP contribution is -2.27. The van der Waals surface area contributed by atoms with E-state index in [2.05, 4.69) is 4.72 Å². The van der Waals surface area contributed by atoms with Crippen molar-refractivity contribution in [2.75, 3.05) is 17.8 Å². The van der Waals surface area contributed by atoms with Crippen molar-refractivity contribution in [3.63, 3.8) is 0 Å². The Morgan fingerprint density at radius 3 is 2.27 bits per heavy atom. The first-order chi connectivity index (χ1) is 12.4. The molecular formula is C18H20N2O4S2. The minimum Gasteiger partial charge on any atom is -0.280 e. The lowest BCUT2D eigenvalue weighted by atomic mass is 10.2. The number of anilines is 1. The van der Waals surface area contributed by atoms with Crippen LogP contribution in [-0.4, -0.2) is 34.2 Å². The first kappa shape index (κ1) is 18.6. The van der Waals surface area contributed by atoms with Gasteiger partial charge in [-0.25, -0.2) is 16.8 Å². The molecule has 6 nitrogen and oxygen atoms in total. The van der Waals surface area contributed by atoms with Crippen molar-refractivity contribution in [1.29, 1.82) is 0 Å². The van der Waals surface area contributed by atoms with Crippen LogP contribution >= 0.6 is 0 Å². The van der Waals surface area contributed by atoms with Gasteiger partial charge in [-0.15, -0.1) is 0 Å². The second-order valence-electron chi connectivity index (χ2n) is 6.00. The van der Waals surface area contributed by atoms with Gasteiger partial charge in [0.25, 0.3) is 10.0 Å². The van der Waals surface area contributed by atoms with Gasteiger partial charge in [0.15, 0.2) is 0 Å². The third-order valence-electron chi connectivity index (χ3n) is 4.04. The minimum absolute atomic E-state index is 0.0895. The molecule has 8 heteroatoms. The summed E-state index contributed by atoms with van der Waals surface area (Å²) in [4.78, 5) is 0.0895. The lowest BCUT2D eigenvalue weighted by Gasteiger charge is -2.16. The number of nitrogens with zero attached hydrogens (tertiary/aromatic N) is 1. The van der Waals surface area contributed by atoms with Gasteiger partial charge in [-0.05, 0) is 42.7 Å². The maximum atomic E-state index is 12.6. The third kappa shape index (κ3) is 4.51. The molecule has 3 rings (SSSR count). The van der Waals surface area contributed by atoms with Gasteiger partial charge in [-0.2, -0.15) is 4.31 Å². The van der Waals surface area contributed by atoms with Gasteiger partial charge in [0, 0.05) is 13.1 Å². The van der Waals surface area contributed by atoms with Crippen LogP contribution in [0.2, 0.25) is 0 Å². The van der Waals surface area contributed by atoms with E-state index in [0.29, 0.717) is 13.1 Å². The van der Waals surface area contributed by atoms with E-state index in [9.17, 15) is 16.8 Å². The summed E-state index contributed by atoms with van der Waals surface area (Å²) in [6.45, 7) is 0.996. The topological polar surface area (TPSA) is 83.5 Å². The molecule has 1 heterocycles. The van der Waals surface area contributed by atoms with Crippen LogP contribution in [0.4, 0.5) is 5.69 Å². The standard InChI is InChI=1S/C18H20N2O4S2/c21-25(22,14-11-16-7-2-1-3-8-16)19-17-9-6-10-18(15-17)26(23,24)20-12-4-5-13-20/h1-3,6-11,14-15,19H,4-5,12-13H2/b14-11+. The molecule has 0 bridgehead atoms. The fourth-order valence-corrected chi connectivity index (χ4v) is 5.15. The number of hydrogen-bond acceptors (Lipinski definition) is 4. The number of nitrogens with one attached hydrogen (secondary N) is 1. The monoisotopic (exact) mass is 392 g/mol. The predicted octanol–water partition coefficient (Wildman–Crippen LogP) is 2.88. The number of sulfonamides is 2. The largest absolute Gasteiger partial charge is 0.280 e. The van der Waals surface area contributed by atoms with Gasteiger partial charge in [0.2, 0.25) is 10.0 Å². The third-order valence-corrected chi connectivity index (χ3v) is 6.95. The molecule has 0 atom stereocenters. The molecule has 0 saturated carbocycles. The number of benzene rings is 2. The van der Waals surface area contributed by atoms with E-state index in [0.717, 1.165) is 23.8 Å². The van der Waals surface area contributed by atoms with Crippen LogP contribution in [0, 0.1) is 0 Å². The van der Waals surface area contributed by atoms with Gasteiger partial charge in [0.05, 0.1) is 16.0 Å². The SMILES string of the molecule is O=S(=O)(/C=C/c1ccccc1)Nc1cccc(S(=O)(=O)N2CCCC2)c1. The maximum Gasteiger partial charge on any atom is 0.255 e. The summed E-state index contributed by atoms with van der Waals surface area (Å²) >= 11 is 0. The molecule has 1 saturated heterocycles. The van der Waals surface area contributed by atoms with Gasteiger partial charge >= 0.3 is 0 Å². The van der Waals surface area contributed by atoms with Crippen molar-refractivity contribution in [3.05, 3.63) is 65.6 Å². The Labute approximate surface area is 154 Å². The summed E-state index contributed by atoms with van der Waals surface area (Å²) in [5.74, 6) is 0. The van der Waals surface area contributed by atoms with E-state index in [1.807, 2.05) is 18.2 Å². The first-order valence-electron chi connectivity index (χ1n) is 8.23. The molecule has 0 amide bonds. The highest BCUT2D eigenvalue weighted by atomic mass is 32.2. The summed E-state index contributed by atoms with van der Waals surface area (Å²) in [7, 11) is -7.34. The number of hydrogen-bond donors (Lipinski definition) is 1. The summed E-state index contributed by atoms with van der Waals surface area (Å²) in [6.07, 6.45) is 3.17. The Kier molecular flexibility index (Phi) is 5.45. The molecule has 1 aliphatic heterocycles. The molecule has 2 aromatic carbocycles. The van der Waals surface area contributed by atoms with E-state index in [-0.39, 0.29) is 10.6 Å². The molecule has 26 heavy (non-hydrogen) atoms. The zero-order valence-corrected chi connectivity index (χ0v) is 15.7. The highest BCUT2D eigenvalue weighted by Gasteiger charge is 2.27. The fourth-order valence-electron chi connectivity index (χ4n) is 2.73. The number of rotatable bonds is 6. The Balaban J connectivity index is 1.79. The van der Waals surface area contributed by atoms with Crippen molar-refractivity contribution in [1.82, 2.24) is 4.31 Å². The van der Waals surface area contributed by atoms with Crippen LogP contribution in [0.1, 0.15) is 18.4 Å². The summed E-state index contributed by atoms with van der Waals surface area (Å²) in [6, 6.07) is 14.9. The zero-order valence-electron chi connectivity index (χ0n) is 14.1. The van der Waals surface area contributed by atoms with Crippen molar-refractivity contribution in [3.8, 4) is 0 Å². The Hall–Kier alpha value is -2.16. The molecule has 1 fully saturated rings. The van der Waals surface area contributed by atoms with Crippen molar-refractivity contribution >= 4 is 31.8 Å². The summed E-state index contributed by atoms with van der Waals surface area (Å²) in [5, 5.41) is 1.06. The van der Waals surface area contributed by atoms with E-state index in [4.69, 9.17) is 0 Å². The van der Waals surface area contributed by atoms with E-state index in [1.165, 1.54) is 34.6 Å². The van der Waals surface area contributed by atoms with Crippen LogP contribution in [0.15, 0.2) is 64.9 Å². The molecule has 1 N–H and O–H groups in total. The van der Waals surface area contributed by atoms with E-state index in [1.54, 1.807) is 12.1 Å². The zero-order chi connectivity index (χ0) is 18.6. The quantitative estimate of drug-likeness (QED) is 0.819. The molecule has 0 aliphatic carbocycles. The van der Waals surface area contributed by atoms with Crippen LogP contribution in [-0.2, 0) is 20.0 Å². The van der Waals surface area contributed by atoms with Crippen molar-refractivity contribution < 1.29 is 16.8 Å². The van der Waals surface area contributed by atoms with Crippen molar-refractivity contribution in [2.45, 2.75) is 17.7 Å². The van der Waals surface area contributed by atoms with Gasteiger partial charge in [-0.3, -0.25) is 4.72 Å². The molecular weight excluding hydrogens is 372 g/mol. The maximum absolute atomic E-state index is 12.6. The van der Waals surface area contributed by atoms with Crippen LogP contribution < -0.4 is 4.72 Å². The Morgan fingerprint density at radius 2 is 1.58 bits per heavy atom. The highest BCUT2D eigenvalue weighted by Crippen LogP contribution is 2.23. The Bertz CT molecular complexity index is 994. The molecule has 0 aromatic heterocycles. The fraction of sp³-hybridized carbons (Fsp3) is 0.222. The van der Waals surface area contributed by atoms with Crippen molar-refractivity contribution in [2.24, 2.45) is 0 Å². The normalized spacial score (nSPS) is 16.2. The van der Waals surface area contributed by atoms with Crippen LogP contribution in [0.25, 0.3) is 6.08 Å². The first-order valence-corrected chi connectivity index (χ1v) is 11.2.